The second-order valence-electron chi connectivity index (χ2n) is 5.78. The van der Waals surface area contributed by atoms with Crippen LogP contribution in [0.25, 0.3) is 6.08 Å². The number of methoxy groups -OCH3 is 1. The minimum absolute atomic E-state index is 0.0928. The molecule has 0 bridgehead atoms. The van der Waals surface area contributed by atoms with Crippen molar-refractivity contribution in [1.29, 1.82) is 0 Å². The van der Waals surface area contributed by atoms with E-state index in [2.05, 4.69) is 36.7 Å². The highest BCUT2D eigenvalue weighted by Crippen LogP contribution is 2.18. The van der Waals surface area contributed by atoms with Crippen molar-refractivity contribution in [3.8, 4) is 23.7 Å². The van der Waals surface area contributed by atoms with Gasteiger partial charge in [0.2, 0.25) is 0 Å². The number of hydrogen-bond acceptors (Lipinski definition) is 3. The predicted molar refractivity (Wildman–Crippen MR) is 99.6 cm³/mol. The molecule has 1 unspecified atom stereocenters. The van der Waals surface area contributed by atoms with Crippen LogP contribution in [-0.2, 0) is 20.7 Å². The van der Waals surface area contributed by atoms with Gasteiger partial charge in [0.25, 0.3) is 0 Å². The van der Waals surface area contributed by atoms with Gasteiger partial charge in [0, 0.05) is 20.0 Å². The summed E-state index contributed by atoms with van der Waals surface area (Å²) in [5.74, 6) is 12.1. The van der Waals surface area contributed by atoms with E-state index in [1.54, 1.807) is 0 Å². The van der Waals surface area contributed by atoms with Gasteiger partial charge < -0.3 is 9.47 Å². The Morgan fingerprint density at radius 3 is 2.76 bits per heavy atom. The van der Waals surface area contributed by atoms with Gasteiger partial charge in [-0.15, -0.1) is 0 Å². The average Bonchev–Trinajstić information content (AvgIpc) is 2.62. The number of benzene rings is 1. The van der Waals surface area contributed by atoms with E-state index in [0.29, 0.717) is 0 Å². The molecule has 0 saturated heterocycles. The fourth-order valence-corrected chi connectivity index (χ4v) is 2.55. The third-order valence-electron chi connectivity index (χ3n) is 3.86. The van der Waals surface area contributed by atoms with Crippen LogP contribution >= 0.6 is 0 Å². The first-order valence-corrected chi connectivity index (χ1v) is 8.69. The quantitative estimate of drug-likeness (QED) is 0.606. The first-order chi connectivity index (χ1) is 12.2. The van der Waals surface area contributed by atoms with Crippen LogP contribution in [0.2, 0.25) is 0 Å². The summed E-state index contributed by atoms with van der Waals surface area (Å²) < 4.78 is 10.4. The SMILES string of the molecule is CCc1ccccc1/C=C1\C#CCCCCC#CC1OC(=O)COC. The lowest BCUT2D eigenvalue weighted by Crippen LogP contribution is -2.21. The van der Waals surface area contributed by atoms with Gasteiger partial charge in [-0.25, -0.2) is 4.79 Å². The maximum Gasteiger partial charge on any atom is 0.333 e. The van der Waals surface area contributed by atoms with Crippen LogP contribution < -0.4 is 0 Å². The molecule has 1 aliphatic rings. The molecule has 0 spiro atoms. The Balaban J connectivity index is 2.40. The predicted octanol–water partition coefficient (Wildman–Crippen LogP) is 3.77. The molecule has 0 N–H and O–H groups in total. The van der Waals surface area contributed by atoms with Crippen molar-refractivity contribution in [1.82, 2.24) is 0 Å². The summed E-state index contributed by atoms with van der Waals surface area (Å²) in [5.41, 5.74) is 3.03. The van der Waals surface area contributed by atoms with Crippen molar-refractivity contribution in [3.63, 3.8) is 0 Å². The zero-order valence-electron chi connectivity index (χ0n) is 14.9. The zero-order valence-corrected chi connectivity index (χ0v) is 14.9. The van der Waals surface area contributed by atoms with E-state index in [0.717, 1.165) is 43.2 Å². The normalized spacial score (nSPS) is 18.5. The Hall–Kier alpha value is -2.49. The molecule has 130 valence electrons. The molecule has 0 amide bonds. The average molecular weight is 336 g/mol. The van der Waals surface area contributed by atoms with E-state index in [9.17, 15) is 4.79 Å². The molecule has 2 rings (SSSR count). The molecular formula is C22H24O3. The summed E-state index contributed by atoms with van der Waals surface area (Å²) in [6.45, 7) is 2.02. The maximum absolute atomic E-state index is 11.9. The Morgan fingerprint density at radius 1 is 1.24 bits per heavy atom. The molecule has 3 nitrogen and oxygen atoms in total. The minimum Gasteiger partial charge on any atom is -0.442 e. The summed E-state index contributed by atoms with van der Waals surface area (Å²) in [5, 5.41) is 0. The molecule has 1 aromatic carbocycles. The van der Waals surface area contributed by atoms with Gasteiger partial charge in [-0.1, -0.05) is 54.9 Å². The summed E-state index contributed by atoms with van der Waals surface area (Å²) in [6.07, 6.45) is 5.93. The van der Waals surface area contributed by atoms with Crippen LogP contribution in [0.3, 0.4) is 0 Å². The van der Waals surface area contributed by atoms with Crippen LogP contribution in [0.15, 0.2) is 29.8 Å². The zero-order chi connectivity index (χ0) is 17.9. The van der Waals surface area contributed by atoms with Gasteiger partial charge in [0.05, 0.1) is 5.57 Å². The van der Waals surface area contributed by atoms with Gasteiger partial charge in [-0.3, -0.25) is 0 Å². The number of esters is 1. The third kappa shape index (κ3) is 6.14. The smallest absolute Gasteiger partial charge is 0.333 e. The number of hydrogen-bond donors (Lipinski definition) is 0. The fourth-order valence-electron chi connectivity index (χ4n) is 2.55. The lowest BCUT2D eigenvalue weighted by molar-refractivity contribution is -0.149. The summed E-state index contributed by atoms with van der Waals surface area (Å²) in [6, 6.07) is 8.16. The van der Waals surface area contributed by atoms with Gasteiger partial charge >= 0.3 is 5.97 Å². The van der Waals surface area contributed by atoms with Gasteiger partial charge in [-0.05, 0) is 36.5 Å². The second kappa shape index (κ2) is 10.4. The Morgan fingerprint density at radius 2 is 2.00 bits per heavy atom. The minimum atomic E-state index is -0.654. The van der Waals surface area contributed by atoms with E-state index in [-0.39, 0.29) is 6.61 Å². The molecule has 25 heavy (non-hydrogen) atoms. The van der Waals surface area contributed by atoms with E-state index in [4.69, 9.17) is 9.47 Å². The highest BCUT2D eigenvalue weighted by molar-refractivity contribution is 5.73. The Kier molecular flexibility index (Phi) is 7.83. The number of carbonyl (C=O) groups is 1. The topological polar surface area (TPSA) is 35.5 Å². The number of carbonyl (C=O) groups excluding carboxylic acids is 1. The van der Waals surface area contributed by atoms with Crippen molar-refractivity contribution in [3.05, 3.63) is 41.0 Å². The number of ether oxygens (including phenoxy) is 2. The van der Waals surface area contributed by atoms with Crippen LogP contribution in [0, 0.1) is 23.7 Å². The van der Waals surface area contributed by atoms with Crippen LogP contribution in [0.1, 0.15) is 43.7 Å². The lowest BCUT2D eigenvalue weighted by atomic mass is 10.00. The van der Waals surface area contributed by atoms with Crippen molar-refractivity contribution in [2.45, 2.75) is 45.1 Å². The van der Waals surface area contributed by atoms with Crippen molar-refractivity contribution in [2.75, 3.05) is 13.7 Å². The molecule has 3 heteroatoms. The number of aryl methyl sites for hydroxylation is 1. The van der Waals surface area contributed by atoms with Gasteiger partial charge in [0.1, 0.15) is 6.61 Å². The molecule has 0 heterocycles. The maximum atomic E-state index is 11.9. The largest absolute Gasteiger partial charge is 0.442 e. The van der Waals surface area contributed by atoms with E-state index < -0.39 is 12.1 Å². The van der Waals surface area contributed by atoms with Crippen molar-refractivity contribution < 1.29 is 14.3 Å². The molecule has 0 saturated carbocycles. The van der Waals surface area contributed by atoms with E-state index in [1.807, 2.05) is 24.3 Å². The third-order valence-corrected chi connectivity index (χ3v) is 3.86. The van der Waals surface area contributed by atoms with Crippen molar-refractivity contribution >= 4 is 12.0 Å². The summed E-state index contributed by atoms with van der Waals surface area (Å²) in [7, 11) is 1.47. The molecule has 1 atom stereocenters. The molecular weight excluding hydrogens is 312 g/mol. The van der Waals surface area contributed by atoms with Gasteiger partial charge in [0.15, 0.2) is 6.10 Å². The highest BCUT2D eigenvalue weighted by atomic mass is 16.6. The fraction of sp³-hybridized carbons (Fsp3) is 0.409. The van der Waals surface area contributed by atoms with Crippen LogP contribution in [-0.4, -0.2) is 25.8 Å². The first kappa shape index (κ1) is 18.8. The Labute approximate surface area is 150 Å². The van der Waals surface area contributed by atoms with Gasteiger partial charge in [-0.2, -0.15) is 0 Å². The standard InChI is InChI=1S/C22H24O3/c1-3-18-12-10-11-13-19(18)16-20-14-8-6-4-5-7-9-15-21(20)25-22(23)17-24-2/h10-13,16,21H,3-7,17H2,1-2H3/b20-16+. The molecule has 1 aromatic rings. The molecule has 0 radical (unpaired) electrons. The molecule has 0 fully saturated rings. The van der Waals surface area contributed by atoms with E-state index >= 15 is 0 Å². The van der Waals surface area contributed by atoms with Crippen LogP contribution in [0.5, 0.6) is 0 Å². The first-order valence-electron chi connectivity index (χ1n) is 8.69. The molecule has 0 aromatic heterocycles. The van der Waals surface area contributed by atoms with Crippen molar-refractivity contribution in [2.24, 2.45) is 0 Å². The molecule has 1 aliphatic carbocycles. The monoisotopic (exact) mass is 336 g/mol. The lowest BCUT2D eigenvalue weighted by Gasteiger charge is -2.14. The summed E-state index contributed by atoms with van der Waals surface area (Å²) >= 11 is 0. The number of rotatable bonds is 5. The van der Waals surface area contributed by atoms with E-state index in [1.165, 1.54) is 12.7 Å². The highest BCUT2D eigenvalue weighted by Gasteiger charge is 2.16. The summed E-state index contributed by atoms with van der Waals surface area (Å²) in [4.78, 5) is 11.9. The second-order valence-corrected chi connectivity index (χ2v) is 5.78. The molecule has 0 aliphatic heterocycles. The van der Waals surface area contributed by atoms with Crippen LogP contribution in [0.4, 0.5) is 0 Å². The Bertz CT molecular complexity index is 738.